The van der Waals surface area contributed by atoms with Crippen LogP contribution in [0.5, 0.6) is 0 Å². The number of rotatable bonds is 5. The van der Waals surface area contributed by atoms with E-state index in [1.165, 1.54) is 11.1 Å². The number of hydrogen-bond acceptors (Lipinski definition) is 5. The summed E-state index contributed by atoms with van der Waals surface area (Å²) in [6.45, 7) is 2.38. The van der Waals surface area contributed by atoms with E-state index in [0.29, 0.717) is 24.5 Å². The van der Waals surface area contributed by atoms with Gasteiger partial charge in [0.15, 0.2) is 0 Å². The average Bonchev–Trinajstić information content (AvgIpc) is 2.36. The lowest BCUT2D eigenvalue weighted by Crippen LogP contribution is -2.30. The zero-order valence-corrected chi connectivity index (χ0v) is 10.5. The fourth-order valence-electron chi connectivity index (χ4n) is 1.32. The molecule has 0 spiro atoms. The number of anilines is 1. The maximum absolute atomic E-state index is 11.9. The molecule has 0 aromatic carbocycles. The van der Waals surface area contributed by atoms with Crippen molar-refractivity contribution in [2.75, 3.05) is 25.9 Å². The minimum Gasteiger partial charge on any atom is -0.466 e. The van der Waals surface area contributed by atoms with Crippen LogP contribution in [-0.4, -0.2) is 42.0 Å². The van der Waals surface area contributed by atoms with E-state index >= 15 is 0 Å². The first kappa shape index (κ1) is 14.0. The highest BCUT2D eigenvalue weighted by atomic mass is 16.5. The van der Waals surface area contributed by atoms with E-state index in [0.717, 1.165) is 0 Å². The normalized spacial score (nSPS) is 9.89. The molecule has 0 unspecified atom stereocenters. The first-order chi connectivity index (χ1) is 8.54. The molecule has 0 saturated carbocycles. The third kappa shape index (κ3) is 4.04. The van der Waals surface area contributed by atoms with Crippen molar-refractivity contribution >= 4 is 17.6 Å². The van der Waals surface area contributed by atoms with E-state index in [1.54, 1.807) is 26.1 Å². The van der Waals surface area contributed by atoms with E-state index in [2.05, 4.69) is 4.98 Å². The number of ether oxygens (including phenoxy) is 1. The maximum Gasteiger partial charge on any atom is 0.307 e. The van der Waals surface area contributed by atoms with Crippen LogP contribution in [0, 0.1) is 0 Å². The Bertz CT molecular complexity index is 417. The summed E-state index contributed by atoms with van der Waals surface area (Å²) in [6, 6.07) is 3.16. The molecule has 1 amide bonds. The summed E-state index contributed by atoms with van der Waals surface area (Å²) in [5.74, 6) is -0.568. The summed E-state index contributed by atoms with van der Waals surface area (Å²) < 4.78 is 4.78. The zero-order chi connectivity index (χ0) is 13.5. The van der Waals surface area contributed by atoms with Gasteiger partial charge in [-0.1, -0.05) is 0 Å². The van der Waals surface area contributed by atoms with E-state index in [1.807, 2.05) is 0 Å². The van der Waals surface area contributed by atoms with Gasteiger partial charge in [-0.3, -0.25) is 9.59 Å². The molecular formula is C12H17N3O3. The third-order valence-electron chi connectivity index (χ3n) is 2.31. The number of esters is 1. The van der Waals surface area contributed by atoms with Crippen molar-refractivity contribution < 1.29 is 14.3 Å². The van der Waals surface area contributed by atoms with Gasteiger partial charge in [-0.05, 0) is 19.1 Å². The van der Waals surface area contributed by atoms with Crippen molar-refractivity contribution in [1.82, 2.24) is 9.88 Å². The molecule has 6 nitrogen and oxygen atoms in total. The van der Waals surface area contributed by atoms with E-state index in [4.69, 9.17) is 10.5 Å². The minimum atomic E-state index is -0.317. The van der Waals surface area contributed by atoms with Crippen LogP contribution in [0.3, 0.4) is 0 Å². The second-order valence-electron chi connectivity index (χ2n) is 3.76. The van der Waals surface area contributed by atoms with Crippen LogP contribution in [0.15, 0.2) is 18.3 Å². The lowest BCUT2D eigenvalue weighted by atomic mass is 10.3. The first-order valence-electron chi connectivity index (χ1n) is 5.67. The summed E-state index contributed by atoms with van der Waals surface area (Å²) in [6.07, 6.45) is 1.59. The highest BCUT2D eigenvalue weighted by molar-refractivity contribution is 5.92. The van der Waals surface area contributed by atoms with Gasteiger partial charge >= 0.3 is 5.97 Å². The Balaban J connectivity index is 2.51. The highest BCUT2D eigenvalue weighted by Gasteiger charge is 2.14. The van der Waals surface area contributed by atoms with Gasteiger partial charge in [-0.15, -0.1) is 0 Å². The molecule has 1 aromatic heterocycles. The number of nitrogens with two attached hydrogens (primary N) is 1. The summed E-state index contributed by atoms with van der Waals surface area (Å²) in [5, 5.41) is 0. The van der Waals surface area contributed by atoms with Crippen LogP contribution in [0.4, 0.5) is 5.69 Å². The smallest absolute Gasteiger partial charge is 0.307 e. The first-order valence-corrected chi connectivity index (χ1v) is 5.67. The van der Waals surface area contributed by atoms with Crippen LogP contribution in [0.2, 0.25) is 0 Å². The highest BCUT2D eigenvalue weighted by Crippen LogP contribution is 2.04. The molecule has 1 rings (SSSR count). The van der Waals surface area contributed by atoms with Gasteiger partial charge in [0.05, 0.1) is 24.9 Å². The number of amides is 1. The van der Waals surface area contributed by atoms with Crippen LogP contribution in [0.25, 0.3) is 0 Å². The predicted molar refractivity (Wildman–Crippen MR) is 66.9 cm³/mol. The Labute approximate surface area is 106 Å². The molecule has 0 fully saturated rings. The van der Waals surface area contributed by atoms with Crippen molar-refractivity contribution in [2.24, 2.45) is 0 Å². The Morgan fingerprint density at radius 1 is 1.44 bits per heavy atom. The molecule has 0 saturated heterocycles. The summed E-state index contributed by atoms with van der Waals surface area (Å²) in [4.78, 5) is 28.4. The maximum atomic E-state index is 11.9. The lowest BCUT2D eigenvalue weighted by molar-refractivity contribution is -0.143. The fourth-order valence-corrected chi connectivity index (χ4v) is 1.32. The second-order valence-corrected chi connectivity index (χ2v) is 3.76. The number of carbonyl (C=O) groups is 2. The fraction of sp³-hybridized carbons (Fsp3) is 0.417. The molecule has 2 N–H and O–H groups in total. The molecule has 0 aliphatic carbocycles. The lowest BCUT2D eigenvalue weighted by Gasteiger charge is -2.16. The molecule has 1 aromatic rings. The number of pyridine rings is 1. The molecule has 98 valence electrons. The van der Waals surface area contributed by atoms with Gasteiger partial charge in [0.25, 0.3) is 5.91 Å². The largest absolute Gasteiger partial charge is 0.466 e. The van der Waals surface area contributed by atoms with Gasteiger partial charge in [0.1, 0.15) is 5.69 Å². The predicted octanol–water partition coefficient (Wildman–Crippen LogP) is 0.689. The molecule has 0 aliphatic heterocycles. The zero-order valence-electron chi connectivity index (χ0n) is 10.5. The Hall–Kier alpha value is -2.11. The van der Waals surface area contributed by atoms with Gasteiger partial charge in [-0.2, -0.15) is 0 Å². The van der Waals surface area contributed by atoms with E-state index in [9.17, 15) is 9.59 Å². The van der Waals surface area contributed by atoms with Crippen molar-refractivity contribution in [2.45, 2.75) is 13.3 Å². The summed E-state index contributed by atoms with van der Waals surface area (Å²) in [7, 11) is 1.61. The van der Waals surface area contributed by atoms with Crippen molar-refractivity contribution in [3.8, 4) is 0 Å². The van der Waals surface area contributed by atoms with Crippen LogP contribution >= 0.6 is 0 Å². The summed E-state index contributed by atoms with van der Waals surface area (Å²) in [5.41, 5.74) is 6.29. The average molecular weight is 251 g/mol. The summed E-state index contributed by atoms with van der Waals surface area (Å²) >= 11 is 0. The third-order valence-corrected chi connectivity index (χ3v) is 2.31. The second kappa shape index (κ2) is 6.58. The molecule has 0 radical (unpaired) electrons. The van der Waals surface area contributed by atoms with Gasteiger partial charge in [-0.25, -0.2) is 4.98 Å². The molecule has 18 heavy (non-hydrogen) atoms. The Kier molecular flexibility index (Phi) is 5.10. The topological polar surface area (TPSA) is 85.5 Å². The van der Waals surface area contributed by atoms with Crippen LogP contribution in [0.1, 0.15) is 23.8 Å². The number of nitrogens with zero attached hydrogens (tertiary/aromatic N) is 2. The van der Waals surface area contributed by atoms with Gasteiger partial charge in [0.2, 0.25) is 0 Å². The van der Waals surface area contributed by atoms with Crippen molar-refractivity contribution in [3.63, 3.8) is 0 Å². The van der Waals surface area contributed by atoms with Crippen LogP contribution in [-0.2, 0) is 9.53 Å². The molecular weight excluding hydrogens is 234 g/mol. The van der Waals surface area contributed by atoms with E-state index < -0.39 is 0 Å². The van der Waals surface area contributed by atoms with Crippen LogP contribution < -0.4 is 5.73 Å². The van der Waals surface area contributed by atoms with Gasteiger partial charge in [0, 0.05) is 13.6 Å². The number of carbonyl (C=O) groups excluding carboxylic acids is 2. The molecule has 1 heterocycles. The quantitative estimate of drug-likeness (QED) is 0.778. The minimum absolute atomic E-state index is 0.172. The van der Waals surface area contributed by atoms with Crippen molar-refractivity contribution in [3.05, 3.63) is 24.0 Å². The number of aromatic nitrogens is 1. The monoisotopic (exact) mass is 251 g/mol. The van der Waals surface area contributed by atoms with Gasteiger partial charge < -0.3 is 15.4 Å². The van der Waals surface area contributed by atoms with E-state index in [-0.39, 0.29) is 18.3 Å². The number of nitrogen functional groups attached to an aromatic ring is 1. The molecule has 0 atom stereocenters. The molecule has 0 aliphatic rings. The Morgan fingerprint density at radius 2 is 2.17 bits per heavy atom. The number of hydrogen-bond donors (Lipinski definition) is 1. The standard InChI is InChI=1S/C12H17N3O3/c1-3-18-11(16)6-7-15(2)12(17)10-5-4-9(13)8-14-10/h4-5,8H,3,6-7,13H2,1-2H3. The molecule has 6 heteroatoms. The Morgan fingerprint density at radius 3 is 2.72 bits per heavy atom. The van der Waals surface area contributed by atoms with Crippen molar-refractivity contribution in [1.29, 1.82) is 0 Å². The SMILES string of the molecule is CCOC(=O)CCN(C)C(=O)c1ccc(N)cn1. The molecule has 0 bridgehead atoms.